The lowest BCUT2D eigenvalue weighted by atomic mass is 10.2. The van der Waals surface area contributed by atoms with Crippen LogP contribution in [0.4, 0.5) is 11.5 Å². The first kappa shape index (κ1) is 16.8. The molecule has 0 saturated heterocycles. The summed E-state index contributed by atoms with van der Waals surface area (Å²) in [6.45, 7) is 5.91. The minimum Gasteiger partial charge on any atom is -0.497 e. The molecule has 2 aromatic rings. The highest BCUT2D eigenvalue weighted by Crippen LogP contribution is 2.23. The van der Waals surface area contributed by atoms with Crippen LogP contribution in [-0.2, 0) is 10.0 Å². The molecule has 0 aliphatic rings. The average molecular weight is 333 g/mol. The number of benzene rings is 1. The molecular weight excluding hydrogens is 314 g/mol. The van der Waals surface area contributed by atoms with Gasteiger partial charge in [0.15, 0.2) is 0 Å². The summed E-state index contributed by atoms with van der Waals surface area (Å²) < 4.78 is 32.5. The third-order valence-electron chi connectivity index (χ3n) is 3.11. The Morgan fingerprint density at radius 1 is 1.30 bits per heavy atom. The van der Waals surface area contributed by atoms with E-state index in [2.05, 4.69) is 21.6 Å². The topological polar surface area (TPSA) is 80.3 Å². The Bertz CT molecular complexity index is 787. The minimum absolute atomic E-state index is 0.201. The smallest absolute Gasteiger partial charge is 0.262 e. The highest BCUT2D eigenvalue weighted by molar-refractivity contribution is 7.92. The van der Waals surface area contributed by atoms with Crippen LogP contribution in [0.3, 0.4) is 0 Å². The van der Waals surface area contributed by atoms with E-state index in [1.165, 1.54) is 19.4 Å². The van der Waals surface area contributed by atoms with Crippen molar-refractivity contribution in [3.8, 4) is 5.75 Å². The summed E-state index contributed by atoms with van der Waals surface area (Å²) in [4.78, 5) is 4.34. The van der Waals surface area contributed by atoms with Gasteiger partial charge >= 0.3 is 0 Å². The highest BCUT2D eigenvalue weighted by atomic mass is 32.2. The second kappa shape index (κ2) is 7.15. The molecule has 0 unspecified atom stereocenters. The van der Waals surface area contributed by atoms with Crippen LogP contribution in [-0.4, -0.2) is 27.1 Å². The molecule has 2 rings (SSSR count). The number of methoxy groups -OCH3 is 1. The number of sulfonamides is 1. The number of aromatic nitrogens is 1. The van der Waals surface area contributed by atoms with E-state index in [0.29, 0.717) is 29.4 Å². The zero-order valence-electron chi connectivity index (χ0n) is 13.0. The van der Waals surface area contributed by atoms with Crippen molar-refractivity contribution in [2.45, 2.75) is 11.8 Å². The molecular formula is C16H19N3O3S. The van der Waals surface area contributed by atoms with E-state index >= 15 is 0 Å². The van der Waals surface area contributed by atoms with E-state index in [1.807, 2.05) is 0 Å². The molecule has 0 amide bonds. The van der Waals surface area contributed by atoms with Crippen LogP contribution < -0.4 is 14.8 Å². The largest absolute Gasteiger partial charge is 0.497 e. The molecule has 1 aromatic carbocycles. The number of pyridine rings is 1. The molecule has 7 heteroatoms. The monoisotopic (exact) mass is 333 g/mol. The van der Waals surface area contributed by atoms with Gasteiger partial charge in [0.2, 0.25) is 0 Å². The molecule has 0 aliphatic heterocycles. The second-order valence-corrected chi connectivity index (χ2v) is 6.49. The first-order valence-electron chi connectivity index (χ1n) is 6.94. The highest BCUT2D eigenvalue weighted by Gasteiger charge is 2.17. The summed E-state index contributed by atoms with van der Waals surface area (Å²) >= 11 is 0. The van der Waals surface area contributed by atoms with Gasteiger partial charge in [-0.15, -0.1) is 6.58 Å². The van der Waals surface area contributed by atoms with Crippen molar-refractivity contribution in [2.75, 3.05) is 23.7 Å². The zero-order chi connectivity index (χ0) is 16.9. The fourth-order valence-corrected chi connectivity index (χ4v) is 3.27. The molecule has 0 atom stereocenters. The molecule has 122 valence electrons. The van der Waals surface area contributed by atoms with Crippen LogP contribution in [0, 0.1) is 6.92 Å². The number of aryl methyl sites for hydroxylation is 1. The molecule has 1 aromatic heterocycles. The fraction of sp³-hybridized carbons (Fsp3) is 0.188. The Hall–Kier alpha value is -2.54. The third kappa shape index (κ3) is 4.23. The van der Waals surface area contributed by atoms with Crippen LogP contribution in [0.2, 0.25) is 0 Å². The Balaban J connectivity index is 2.19. The summed E-state index contributed by atoms with van der Waals surface area (Å²) in [5.41, 5.74) is 0.999. The maximum Gasteiger partial charge on any atom is 0.262 e. The molecule has 0 bridgehead atoms. The van der Waals surface area contributed by atoms with Gasteiger partial charge in [0.25, 0.3) is 10.0 Å². The van der Waals surface area contributed by atoms with Gasteiger partial charge in [-0.05, 0) is 42.8 Å². The van der Waals surface area contributed by atoms with Crippen LogP contribution >= 0.6 is 0 Å². The number of ether oxygens (including phenoxy) is 1. The van der Waals surface area contributed by atoms with E-state index in [0.717, 1.165) is 0 Å². The Labute approximate surface area is 136 Å². The predicted octanol–water partition coefficient (Wildman–Crippen LogP) is 2.80. The molecule has 1 heterocycles. The molecule has 2 N–H and O–H groups in total. The van der Waals surface area contributed by atoms with Gasteiger partial charge < -0.3 is 10.1 Å². The minimum atomic E-state index is -3.68. The van der Waals surface area contributed by atoms with Gasteiger partial charge in [0.05, 0.1) is 23.9 Å². The van der Waals surface area contributed by atoms with Crippen molar-refractivity contribution in [1.29, 1.82) is 0 Å². The van der Waals surface area contributed by atoms with Crippen molar-refractivity contribution in [2.24, 2.45) is 0 Å². The quantitative estimate of drug-likeness (QED) is 0.762. The van der Waals surface area contributed by atoms with Gasteiger partial charge in [0.1, 0.15) is 11.6 Å². The Morgan fingerprint density at radius 2 is 2.09 bits per heavy atom. The van der Waals surface area contributed by atoms with E-state index in [4.69, 9.17) is 4.74 Å². The number of hydrogen-bond acceptors (Lipinski definition) is 5. The van der Waals surface area contributed by atoms with Crippen molar-refractivity contribution in [3.63, 3.8) is 0 Å². The lowest BCUT2D eigenvalue weighted by Gasteiger charge is -2.11. The van der Waals surface area contributed by atoms with Gasteiger partial charge in [-0.1, -0.05) is 6.08 Å². The van der Waals surface area contributed by atoms with Crippen molar-refractivity contribution >= 4 is 21.5 Å². The lowest BCUT2D eigenvalue weighted by Crippen LogP contribution is -2.14. The first-order chi connectivity index (χ1) is 11.0. The first-order valence-corrected chi connectivity index (χ1v) is 8.43. The molecule has 0 spiro atoms. The number of nitrogens with zero attached hydrogens (tertiary/aromatic N) is 1. The van der Waals surface area contributed by atoms with E-state index < -0.39 is 10.0 Å². The van der Waals surface area contributed by atoms with Crippen molar-refractivity contribution in [1.82, 2.24) is 4.98 Å². The summed E-state index contributed by atoms with van der Waals surface area (Å²) in [6.07, 6.45) is 3.17. The number of hydrogen-bond donors (Lipinski definition) is 2. The van der Waals surface area contributed by atoms with Gasteiger partial charge in [-0.25, -0.2) is 13.4 Å². The van der Waals surface area contributed by atoms with Crippen LogP contribution in [0.1, 0.15) is 5.56 Å². The van der Waals surface area contributed by atoms with Gasteiger partial charge in [0, 0.05) is 6.54 Å². The van der Waals surface area contributed by atoms with Crippen molar-refractivity contribution < 1.29 is 13.2 Å². The zero-order valence-corrected chi connectivity index (χ0v) is 13.9. The number of nitrogens with one attached hydrogen (secondary N) is 2. The molecule has 0 fully saturated rings. The summed E-state index contributed by atoms with van der Waals surface area (Å²) in [5, 5.41) is 3.02. The van der Waals surface area contributed by atoms with Crippen LogP contribution in [0.15, 0.2) is 54.1 Å². The van der Waals surface area contributed by atoms with Crippen LogP contribution in [0.25, 0.3) is 0 Å². The summed E-state index contributed by atoms with van der Waals surface area (Å²) in [7, 11) is -2.14. The molecule has 0 radical (unpaired) electrons. The van der Waals surface area contributed by atoms with E-state index in [1.54, 1.807) is 37.3 Å². The Kier molecular flexibility index (Phi) is 5.23. The normalized spacial score (nSPS) is 10.9. The maximum atomic E-state index is 12.5. The molecule has 0 aliphatic carbocycles. The standard InChI is InChI=1S/C16H19N3O3S/c1-4-9-17-16-8-5-13(11-18-16)19-23(20,21)15-7-6-14(22-3)10-12(15)2/h4-8,10-11,19H,1,9H2,2-3H3,(H,17,18). The summed E-state index contributed by atoms with van der Waals surface area (Å²) in [6, 6.07) is 8.15. The SMILES string of the molecule is C=CCNc1ccc(NS(=O)(=O)c2ccc(OC)cc2C)cn1. The molecule has 0 saturated carbocycles. The number of anilines is 2. The summed E-state index contributed by atoms with van der Waals surface area (Å²) in [5.74, 6) is 1.26. The third-order valence-corrected chi connectivity index (χ3v) is 4.66. The maximum absolute atomic E-state index is 12.5. The molecule has 23 heavy (non-hydrogen) atoms. The van der Waals surface area contributed by atoms with Crippen LogP contribution in [0.5, 0.6) is 5.75 Å². The number of rotatable bonds is 7. The average Bonchev–Trinajstić information content (AvgIpc) is 2.53. The Morgan fingerprint density at radius 3 is 2.65 bits per heavy atom. The predicted molar refractivity (Wildman–Crippen MR) is 91.5 cm³/mol. The lowest BCUT2D eigenvalue weighted by molar-refractivity contribution is 0.414. The second-order valence-electron chi connectivity index (χ2n) is 4.84. The molecule has 6 nitrogen and oxygen atoms in total. The van der Waals surface area contributed by atoms with Crippen molar-refractivity contribution in [3.05, 3.63) is 54.7 Å². The fourth-order valence-electron chi connectivity index (χ4n) is 2.00. The van der Waals surface area contributed by atoms with E-state index in [-0.39, 0.29) is 4.90 Å². The van der Waals surface area contributed by atoms with Gasteiger partial charge in [-0.3, -0.25) is 4.72 Å². The van der Waals surface area contributed by atoms with E-state index in [9.17, 15) is 8.42 Å². The van der Waals surface area contributed by atoms with Gasteiger partial charge in [-0.2, -0.15) is 0 Å².